The lowest BCUT2D eigenvalue weighted by Crippen LogP contribution is -2.27. The molecule has 1 aliphatic rings. The number of benzene rings is 1. The SMILES string of the molecule is CCCSC1(SCCC)CCOc2cc[c]cc21. The van der Waals surface area contributed by atoms with Gasteiger partial charge in [-0.3, -0.25) is 0 Å². The van der Waals surface area contributed by atoms with Gasteiger partial charge in [0.15, 0.2) is 0 Å². The average molecular weight is 281 g/mol. The summed E-state index contributed by atoms with van der Waals surface area (Å²) in [5.74, 6) is 3.49. The van der Waals surface area contributed by atoms with Crippen LogP contribution in [0.15, 0.2) is 18.2 Å². The van der Waals surface area contributed by atoms with Gasteiger partial charge in [-0.25, -0.2) is 0 Å². The number of thioether (sulfide) groups is 2. The third-order valence-electron chi connectivity index (χ3n) is 3.00. The van der Waals surface area contributed by atoms with Crippen molar-refractivity contribution in [1.29, 1.82) is 0 Å². The standard InChI is InChI=1S/C15H21OS2/c1-3-11-17-15(18-12-4-2)9-10-16-14-8-6-5-7-13(14)15/h6-8H,3-4,9-12H2,1-2H3. The first kappa shape index (κ1) is 14.1. The second kappa shape index (κ2) is 6.76. The first-order valence-electron chi connectivity index (χ1n) is 6.73. The molecule has 1 heterocycles. The molecule has 0 N–H and O–H groups in total. The van der Waals surface area contributed by atoms with Crippen LogP contribution in [0.4, 0.5) is 0 Å². The van der Waals surface area contributed by atoms with Gasteiger partial charge in [0.05, 0.1) is 10.7 Å². The summed E-state index contributed by atoms with van der Waals surface area (Å²) in [7, 11) is 0. The van der Waals surface area contributed by atoms with Crippen molar-refractivity contribution >= 4 is 23.5 Å². The molecule has 0 aromatic heterocycles. The molecule has 0 amide bonds. The van der Waals surface area contributed by atoms with E-state index in [4.69, 9.17) is 4.74 Å². The zero-order chi connectivity index (χ0) is 12.8. The van der Waals surface area contributed by atoms with Crippen LogP contribution in [0.2, 0.25) is 0 Å². The molecule has 0 saturated heterocycles. The number of hydrogen-bond donors (Lipinski definition) is 0. The van der Waals surface area contributed by atoms with Crippen LogP contribution in [0.1, 0.15) is 38.7 Å². The van der Waals surface area contributed by atoms with Gasteiger partial charge in [0.2, 0.25) is 0 Å². The molecule has 0 bridgehead atoms. The molecule has 1 aliphatic heterocycles. The molecule has 18 heavy (non-hydrogen) atoms. The van der Waals surface area contributed by atoms with Gasteiger partial charge in [0.25, 0.3) is 0 Å². The van der Waals surface area contributed by atoms with E-state index in [0.29, 0.717) is 0 Å². The second-order valence-corrected chi connectivity index (χ2v) is 7.52. The maximum atomic E-state index is 5.79. The first-order valence-corrected chi connectivity index (χ1v) is 8.71. The molecule has 99 valence electrons. The minimum absolute atomic E-state index is 0.192. The Morgan fingerprint density at radius 3 is 2.67 bits per heavy atom. The zero-order valence-electron chi connectivity index (χ0n) is 11.2. The Morgan fingerprint density at radius 2 is 2.00 bits per heavy atom. The predicted molar refractivity (Wildman–Crippen MR) is 82.6 cm³/mol. The molecule has 0 atom stereocenters. The number of fused-ring (bicyclic) bond motifs is 1. The minimum Gasteiger partial charge on any atom is -0.493 e. The van der Waals surface area contributed by atoms with Gasteiger partial charge in [-0.05, 0) is 42.5 Å². The highest BCUT2D eigenvalue weighted by atomic mass is 32.2. The summed E-state index contributed by atoms with van der Waals surface area (Å²) in [5, 5.41) is 0. The smallest absolute Gasteiger partial charge is 0.124 e. The van der Waals surface area contributed by atoms with Crippen LogP contribution in [0.5, 0.6) is 5.75 Å². The summed E-state index contributed by atoms with van der Waals surface area (Å²) in [5.41, 5.74) is 1.34. The Balaban J connectivity index is 2.28. The van der Waals surface area contributed by atoms with E-state index in [0.717, 1.165) is 18.8 Å². The van der Waals surface area contributed by atoms with Crippen LogP contribution in [0, 0.1) is 6.07 Å². The van der Waals surface area contributed by atoms with E-state index in [1.54, 1.807) is 0 Å². The molecule has 0 fully saturated rings. The first-order chi connectivity index (χ1) is 8.82. The van der Waals surface area contributed by atoms with Gasteiger partial charge < -0.3 is 4.74 Å². The normalized spacial score (nSPS) is 17.0. The molecular formula is C15H21OS2. The van der Waals surface area contributed by atoms with Crippen LogP contribution in [0.25, 0.3) is 0 Å². The second-order valence-electron chi connectivity index (χ2n) is 4.47. The Bertz CT molecular complexity index is 371. The molecule has 1 nitrogen and oxygen atoms in total. The minimum atomic E-state index is 0.192. The summed E-state index contributed by atoms with van der Waals surface area (Å²) in [6, 6.07) is 9.35. The van der Waals surface area contributed by atoms with Crippen molar-refractivity contribution < 1.29 is 4.74 Å². The van der Waals surface area contributed by atoms with Crippen molar-refractivity contribution in [1.82, 2.24) is 0 Å². The highest BCUT2D eigenvalue weighted by Crippen LogP contribution is 2.54. The Labute approximate surface area is 119 Å². The Morgan fingerprint density at radius 1 is 1.28 bits per heavy atom. The highest BCUT2D eigenvalue weighted by molar-refractivity contribution is 8.17. The topological polar surface area (TPSA) is 9.23 Å². The predicted octanol–water partition coefficient (Wildman–Crippen LogP) is 4.71. The quantitative estimate of drug-likeness (QED) is 0.699. The van der Waals surface area contributed by atoms with E-state index in [1.165, 1.54) is 29.9 Å². The van der Waals surface area contributed by atoms with E-state index in [2.05, 4.69) is 55.6 Å². The summed E-state index contributed by atoms with van der Waals surface area (Å²) >= 11 is 4.18. The van der Waals surface area contributed by atoms with Crippen molar-refractivity contribution in [2.45, 2.75) is 37.2 Å². The molecule has 1 aromatic rings. The van der Waals surface area contributed by atoms with Crippen LogP contribution in [-0.2, 0) is 4.08 Å². The molecule has 1 aromatic carbocycles. The molecule has 0 spiro atoms. The van der Waals surface area contributed by atoms with E-state index in [9.17, 15) is 0 Å². The van der Waals surface area contributed by atoms with Gasteiger partial charge in [-0.2, -0.15) is 0 Å². The van der Waals surface area contributed by atoms with Crippen molar-refractivity contribution in [2.24, 2.45) is 0 Å². The lowest BCUT2D eigenvalue weighted by Gasteiger charge is -2.38. The largest absolute Gasteiger partial charge is 0.493 e. The number of rotatable bonds is 6. The van der Waals surface area contributed by atoms with Crippen molar-refractivity contribution in [3.8, 4) is 5.75 Å². The molecule has 2 rings (SSSR count). The zero-order valence-corrected chi connectivity index (χ0v) is 12.8. The molecular weight excluding hydrogens is 260 g/mol. The fourth-order valence-corrected chi connectivity index (χ4v) is 5.13. The third kappa shape index (κ3) is 3.00. The van der Waals surface area contributed by atoms with Crippen LogP contribution in [0.3, 0.4) is 0 Å². The number of ether oxygens (including phenoxy) is 1. The molecule has 3 heteroatoms. The third-order valence-corrected chi connectivity index (χ3v) is 6.71. The summed E-state index contributed by atoms with van der Waals surface area (Å²) in [4.78, 5) is 0. The summed E-state index contributed by atoms with van der Waals surface area (Å²) < 4.78 is 5.98. The maximum Gasteiger partial charge on any atom is 0.124 e. The van der Waals surface area contributed by atoms with E-state index >= 15 is 0 Å². The summed E-state index contributed by atoms with van der Waals surface area (Å²) in [6.07, 6.45) is 3.56. The number of hydrogen-bond acceptors (Lipinski definition) is 3. The van der Waals surface area contributed by atoms with E-state index < -0.39 is 0 Å². The van der Waals surface area contributed by atoms with Gasteiger partial charge in [-0.1, -0.05) is 19.9 Å². The fraction of sp³-hybridized carbons (Fsp3) is 0.600. The molecule has 0 saturated carbocycles. The molecule has 0 aliphatic carbocycles. The van der Waals surface area contributed by atoms with Crippen molar-refractivity contribution in [2.75, 3.05) is 18.1 Å². The van der Waals surface area contributed by atoms with Gasteiger partial charge in [0, 0.05) is 12.0 Å². The summed E-state index contributed by atoms with van der Waals surface area (Å²) in [6.45, 7) is 5.34. The van der Waals surface area contributed by atoms with E-state index in [1.807, 2.05) is 6.07 Å². The monoisotopic (exact) mass is 281 g/mol. The highest BCUT2D eigenvalue weighted by Gasteiger charge is 2.38. The van der Waals surface area contributed by atoms with Crippen LogP contribution in [-0.4, -0.2) is 18.1 Å². The Hall–Kier alpha value is -0.280. The molecule has 1 radical (unpaired) electrons. The van der Waals surface area contributed by atoms with Crippen LogP contribution < -0.4 is 4.74 Å². The molecule has 0 unspecified atom stereocenters. The van der Waals surface area contributed by atoms with Crippen molar-refractivity contribution in [3.63, 3.8) is 0 Å². The average Bonchev–Trinajstić information content (AvgIpc) is 2.43. The van der Waals surface area contributed by atoms with Gasteiger partial charge in [0.1, 0.15) is 5.75 Å². The Kier molecular flexibility index (Phi) is 5.31. The lowest BCUT2D eigenvalue weighted by molar-refractivity contribution is 0.280. The van der Waals surface area contributed by atoms with Crippen molar-refractivity contribution in [3.05, 3.63) is 29.8 Å². The van der Waals surface area contributed by atoms with Gasteiger partial charge >= 0.3 is 0 Å². The fourth-order valence-electron chi connectivity index (χ4n) is 2.15. The van der Waals surface area contributed by atoms with Gasteiger partial charge in [-0.15, -0.1) is 23.5 Å². The maximum absolute atomic E-state index is 5.79. The van der Waals surface area contributed by atoms with Crippen LogP contribution >= 0.6 is 23.5 Å². The lowest BCUT2D eigenvalue weighted by atomic mass is 10.1. The van der Waals surface area contributed by atoms with E-state index in [-0.39, 0.29) is 4.08 Å².